The minimum absolute atomic E-state index is 0.0677. The van der Waals surface area contributed by atoms with Crippen LogP contribution in [0.5, 0.6) is 0 Å². The molecule has 0 unspecified atom stereocenters. The van der Waals surface area contributed by atoms with Gasteiger partial charge in [-0.25, -0.2) is 0 Å². The summed E-state index contributed by atoms with van der Waals surface area (Å²) in [7, 11) is 0. The first-order valence-electron chi connectivity index (χ1n) is 8.94. The number of rotatable bonds is 9. The smallest absolute Gasteiger partial charge is 0.251 e. The summed E-state index contributed by atoms with van der Waals surface area (Å²) in [6.45, 7) is 6.00. The molecule has 1 aromatic rings. The van der Waals surface area contributed by atoms with Crippen LogP contribution in [0.1, 0.15) is 69.7 Å². The normalized spacial score (nSPS) is 10.4. The molecule has 138 valence electrons. The molecule has 0 saturated carbocycles. The Labute approximate surface area is 156 Å². The van der Waals surface area contributed by atoms with Crippen molar-refractivity contribution in [1.82, 2.24) is 10.6 Å². The molecule has 0 heterocycles. The molecule has 0 radical (unpaired) electrons. The molecular weight excluding hydrogens is 334 g/mol. The Morgan fingerprint density at radius 1 is 1.04 bits per heavy atom. The summed E-state index contributed by atoms with van der Waals surface area (Å²) in [6, 6.07) is 7.06. The van der Waals surface area contributed by atoms with Crippen LogP contribution in [0.2, 0.25) is 0 Å². The topological polar surface area (TPSA) is 70.2 Å². The highest BCUT2D eigenvalue weighted by Gasteiger charge is 2.08. The number of nitrogens with one attached hydrogen (secondary N) is 3. The predicted molar refractivity (Wildman–Crippen MR) is 107 cm³/mol. The largest absolute Gasteiger partial charge is 0.350 e. The van der Waals surface area contributed by atoms with E-state index >= 15 is 0 Å². The van der Waals surface area contributed by atoms with Crippen molar-refractivity contribution >= 4 is 34.8 Å². The van der Waals surface area contributed by atoms with E-state index in [2.05, 4.69) is 22.9 Å². The van der Waals surface area contributed by atoms with Gasteiger partial charge in [0, 0.05) is 23.7 Å². The van der Waals surface area contributed by atoms with E-state index in [4.69, 9.17) is 12.2 Å². The second-order valence-corrected chi connectivity index (χ2v) is 6.78. The van der Waals surface area contributed by atoms with Crippen LogP contribution in [0.3, 0.4) is 0 Å². The molecule has 0 saturated heterocycles. The van der Waals surface area contributed by atoms with E-state index in [9.17, 15) is 9.59 Å². The lowest BCUT2D eigenvalue weighted by Gasteiger charge is -2.11. The highest BCUT2D eigenvalue weighted by Crippen LogP contribution is 2.10. The van der Waals surface area contributed by atoms with E-state index in [-0.39, 0.29) is 23.0 Å². The lowest BCUT2D eigenvalue weighted by Crippen LogP contribution is -2.34. The third-order valence-electron chi connectivity index (χ3n) is 3.59. The first-order chi connectivity index (χ1) is 11.9. The van der Waals surface area contributed by atoms with Gasteiger partial charge in [-0.1, -0.05) is 32.6 Å². The summed E-state index contributed by atoms with van der Waals surface area (Å²) in [5.41, 5.74) is 1.32. The number of carbonyl (C=O) groups is 2. The van der Waals surface area contributed by atoms with Crippen molar-refractivity contribution in [3.05, 3.63) is 29.8 Å². The number of hydrogen-bond acceptors (Lipinski definition) is 3. The Morgan fingerprint density at radius 3 is 2.28 bits per heavy atom. The molecule has 2 amide bonds. The van der Waals surface area contributed by atoms with Gasteiger partial charge in [-0.3, -0.25) is 9.59 Å². The van der Waals surface area contributed by atoms with Crippen LogP contribution in [0.4, 0.5) is 5.69 Å². The summed E-state index contributed by atoms with van der Waals surface area (Å²) in [5, 5.41) is 8.75. The van der Waals surface area contributed by atoms with E-state index in [0.717, 1.165) is 18.5 Å². The third-order valence-corrected chi connectivity index (χ3v) is 3.79. The summed E-state index contributed by atoms with van der Waals surface area (Å²) in [4.78, 5) is 23.7. The van der Waals surface area contributed by atoms with E-state index in [1.165, 1.54) is 19.3 Å². The summed E-state index contributed by atoms with van der Waals surface area (Å²) in [6.07, 6.45) is 6.02. The van der Waals surface area contributed by atoms with Crippen molar-refractivity contribution < 1.29 is 9.59 Å². The molecule has 0 aliphatic carbocycles. The minimum atomic E-state index is -0.111. The van der Waals surface area contributed by atoms with Crippen molar-refractivity contribution in [1.29, 1.82) is 0 Å². The van der Waals surface area contributed by atoms with E-state index in [0.29, 0.717) is 12.0 Å². The maximum absolute atomic E-state index is 11.9. The van der Waals surface area contributed by atoms with Gasteiger partial charge in [0.25, 0.3) is 5.91 Å². The summed E-state index contributed by atoms with van der Waals surface area (Å²) < 4.78 is 0. The Hall–Kier alpha value is -1.95. The van der Waals surface area contributed by atoms with Gasteiger partial charge in [-0.2, -0.15) is 0 Å². The lowest BCUT2D eigenvalue weighted by molar-refractivity contribution is -0.119. The molecule has 1 aromatic carbocycles. The SMILES string of the molecule is CCCCCCCC(=O)NC(=S)Nc1ccc(C(=O)NC(C)C)cc1. The maximum atomic E-state index is 11.9. The van der Waals surface area contributed by atoms with Crippen LogP contribution in [0.15, 0.2) is 24.3 Å². The zero-order valence-electron chi connectivity index (χ0n) is 15.4. The van der Waals surface area contributed by atoms with E-state index in [1.807, 2.05) is 13.8 Å². The zero-order chi connectivity index (χ0) is 18.7. The van der Waals surface area contributed by atoms with Gasteiger partial charge in [0.05, 0.1) is 0 Å². The summed E-state index contributed by atoms with van der Waals surface area (Å²) in [5.74, 6) is -0.178. The van der Waals surface area contributed by atoms with Gasteiger partial charge < -0.3 is 16.0 Å². The molecular formula is C19H29N3O2S. The molecule has 5 nitrogen and oxygen atoms in total. The van der Waals surface area contributed by atoms with Crippen molar-refractivity contribution in [2.24, 2.45) is 0 Å². The quantitative estimate of drug-likeness (QED) is 0.458. The number of unbranched alkanes of at least 4 members (excludes halogenated alkanes) is 4. The molecule has 0 spiro atoms. The van der Waals surface area contributed by atoms with Crippen LogP contribution in [0.25, 0.3) is 0 Å². The number of amides is 2. The molecule has 0 aromatic heterocycles. The molecule has 25 heavy (non-hydrogen) atoms. The average molecular weight is 364 g/mol. The number of carbonyl (C=O) groups excluding carboxylic acids is 2. The van der Waals surface area contributed by atoms with Crippen molar-refractivity contribution in [3.8, 4) is 0 Å². The van der Waals surface area contributed by atoms with Gasteiger partial charge in [0.15, 0.2) is 5.11 Å². The number of anilines is 1. The van der Waals surface area contributed by atoms with Crippen LogP contribution in [0, 0.1) is 0 Å². The molecule has 0 bridgehead atoms. The molecule has 3 N–H and O–H groups in total. The van der Waals surface area contributed by atoms with Gasteiger partial charge in [0.2, 0.25) is 5.91 Å². The minimum Gasteiger partial charge on any atom is -0.350 e. The van der Waals surface area contributed by atoms with Crippen LogP contribution >= 0.6 is 12.2 Å². The first kappa shape index (κ1) is 21.1. The van der Waals surface area contributed by atoms with Crippen molar-refractivity contribution in [3.63, 3.8) is 0 Å². The van der Waals surface area contributed by atoms with Gasteiger partial charge >= 0.3 is 0 Å². The van der Waals surface area contributed by atoms with Crippen LogP contribution in [-0.2, 0) is 4.79 Å². The Bertz CT molecular complexity index is 571. The average Bonchev–Trinajstić information content (AvgIpc) is 2.54. The van der Waals surface area contributed by atoms with Gasteiger partial charge in [0.1, 0.15) is 0 Å². The predicted octanol–water partition coefficient (Wildman–Crippen LogP) is 4.00. The van der Waals surface area contributed by atoms with E-state index in [1.54, 1.807) is 24.3 Å². The summed E-state index contributed by atoms with van der Waals surface area (Å²) >= 11 is 5.15. The number of hydrogen-bond donors (Lipinski definition) is 3. The van der Waals surface area contributed by atoms with Crippen molar-refractivity contribution in [2.75, 3.05) is 5.32 Å². The fraction of sp³-hybridized carbons (Fsp3) is 0.526. The maximum Gasteiger partial charge on any atom is 0.251 e. The molecule has 0 aliphatic heterocycles. The van der Waals surface area contributed by atoms with Gasteiger partial charge in [-0.15, -0.1) is 0 Å². The number of thiocarbonyl (C=S) groups is 1. The molecule has 0 atom stereocenters. The highest BCUT2D eigenvalue weighted by atomic mass is 32.1. The van der Waals surface area contributed by atoms with Crippen LogP contribution in [-0.4, -0.2) is 23.0 Å². The fourth-order valence-corrected chi connectivity index (χ4v) is 2.52. The Balaban J connectivity index is 2.36. The molecule has 0 aliphatic rings. The molecule has 0 fully saturated rings. The van der Waals surface area contributed by atoms with E-state index < -0.39 is 0 Å². The van der Waals surface area contributed by atoms with Crippen molar-refractivity contribution in [2.45, 2.75) is 65.3 Å². The zero-order valence-corrected chi connectivity index (χ0v) is 16.2. The molecule has 1 rings (SSSR count). The Morgan fingerprint density at radius 2 is 1.68 bits per heavy atom. The standard InChI is InChI=1S/C19H29N3O2S/c1-4-5-6-7-8-9-17(23)22-19(25)21-16-12-10-15(11-13-16)18(24)20-14(2)3/h10-14H,4-9H2,1-3H3,(H,20,24)(H2,21,22,23,25). The number of benzene rings is 1. The molecule has 6 heteroatoms. The second-order valence-electron chi connectivity index (χ2n) is 6.37. The van der Waals surface area contributed by atoms with Crippen LogP contribution < -0.4 is 16.0 Å². The Kier molecular flexibility index (Phi) is 9.77. The highest BCUT2D eigenvalue weighted by molar-refractivity contribution is 7.80. The third kappa shape index (κ3) is 9.19. The lowest BCUT2D eigenvalue weighted by atomic mass is 10.1. The fourth-order valence-electron chi connectivity index (χ4n) is 2.29. The first-order valence-corrected chi connectivity index (χ1v) is 9.35. The monoisotopic (exact) mass is 363 g/mol. The second kappa shape index (κ2) is 11.6. The van der Waals surface area contributed by atoms with Gasteiger partial charge in [-0.05, 0) is 56.8 Å².